The number of aromatic nitrogens is 4. The van der Waals surface area contributed by atoms with E-state index in [0.717, 1.165) is 12.5 Å². The first-order valence-electron chi connectivity index (χ1n) is 17.3. The van der Waals surface area contributed by atoms with Gasteiger partial charge in [0.05, 0.1) is 18.7 Å². The normalized spacial score (nSPS) is 18.0. The molecule has 4 heterocycles. The molecule has 2 aliphatic rings. The molecule has 0 spiro atoms. The van der Waals surface area contributed by atoms with Crippen molar-refractivity contribution < 1.29 is 36.3 Å². The first-order valence-corrected chi connectivity index (χ1v) is 19.2. The van der Waals surface area contributed by atoms with Gasteiger partial charge in [-0.2, -0.15) is 8.42 Å². The first-order chi connectivity index (χ1) is 24.3. The van der Waals surface area contributed by atoms with E-state index in [4.69, 9.17) is 21.1 Å². The predicted octanol–water partition coefficient (Wildman–Crippen LogP) is 6.87. The molecule has 0 aromatic carbocycles. The molecule has 0 bridgehead atoms. The molecule has 2 N–H and O–H groups in total. The number of rotatable bonds is 13. The van der Waals surface area contributed by atoms with Crippen LogP contribution in [0.25, 0.3) is 5.82 Å². The van der Waals surface area contributed by atoms with Gasteiger partial charge in [-0.05, 0) is 83.6 Å². The minimum atomic E-state index is -4.54. The van der Waals surface area contributed by atoms with Crippen LogP contribution < -0.4 is 14.8 Å². The van der Waals surface area contributed by atoms with E-state index in [-0.39, 0.29) is 28.9 Å². The summed E-state index contributed by atoms with van der Waals surface area (Å²) < 4.78 is 71.1. The van der Waals surface area contributed by atoms with E-state index < -0.39 is 63.0 Å². The molecule has 1 atom stereocenters. The van der Waals surface area contributed by atoms with Crippen molar-refractivity contribution >= 4 is 39.4 Å². The maximum absolute atomic E-state index is 15.2. The average Bonchev–Trinajstić information content (AvgIpc) is 3.80. The number of pyridine rings is 2. The lowest BCUT2D eigenvalue weighted by atomic mass is 9.92. The van der Waals surface area contributed by atoms with E-state index in [1.54, 1.807) is 33.0 Å². The number of nitrogens with zero attached hydrogens (tertiary/aromatic N) is 5. The highest BCUT2D eigenvalue weighted by Crippen LogP contribution is 2.39. The van der Waals surface area contributed by atoms with Gasteiger partial charge in [0.2, 0.25) is 5.88 Å². The second kappa shape index (κ2) is 15.5. The van der Waals surface area contributed by atoms with Gasteiger partial charge in [0.15, 0.2) is 10.8 Å². The number of alkyl halides is 2. The summed E-state index contributed by atoms with van der Waals surface area (Å²) in [4.78, 5) is 35.3. The van der Waals surface area contributed by atoms with Gasteiger partial charge in [0, 0.05) is 30.8 Å². The Morgan fingerprint density at radius 3 is 2.48 bits per heavy atom. The van der Waals surface area contributed by atoms with Gasteiger partial charge < -0.3 is 19.7 Å². The third-order valence-electron chi connectivity index (χ3n) is 9.04. The molecule has 1 aliphatic heterocycles. The summed E-state index contributed by atoms with van der Waals surface area (Å²) in [6, 6.07) is 8.22. The van der Waals surface area contributed by atoms with Crippen molar-refractivity contribution in [3.63, 3.8) is 0 Å². The van der Waals surface area contributed by atoms with Crippen molar-refractivity contribution in [1.29, 1.82) is 0 Å². The van der Waals surface area contributed by atoms with E-state index in [1.165, 1.54) is 59.5 Å². The fraction of sp³-hybridized carbons (Fsp3) is 0.571. The van der Waals surface area contributed by atoms with E-state index in [2.05, 4.69) is 20.4 Å². The number of likely N-dealkylation sites (tertiary alicyclic amines) is 1. The molecule has 3 aromatic rings. The molecule has 1 aliphatic carbocycles. The number of amides is 2. The number of carbonyl (C=O) groups is 2. The summed E-state index contributed by atoms with van der Waals surface area (Å²) in [5.74, 6) is -3.53. The molecule has 17 heteroatoms. The lowest BCUT2D eigenvalue weighted by Gasteiger charge is -2.33. The van der Waals surface area contributed by atoms with Crippen LogP contribution in [-0.2, 0) is 14.8 Å². The zero-order valence-electron chi connectivity index (χ0n) is 30.0. The van der Waals surface area contributed by atoms with Gasteiger partial charge >= 0.3 is 6.09 Å². The fourth-order valence-corrected chi connectivity index (χ4v) is 7.80. The number of anilines is 1. The number of hydrogen-bond donors (Lipinski definition) is 2. The van der Waals surface area contributed by atoms with Crippen LogP contribution in [0.15, 0.2) is 47.6 Å². The molecule has 5 rings (SSSR count). The molecule has 1 saturated heterocycles. The SMILES string of the molecule is CC(C)(C)OC(=O)N1CC(CC(F)(F)CNc2cccc(S(=O)(=O)NC(=O)c3ccc(-n4ccc(OCCC5CCCC5)n4)nc3Cl)n2)CC1(C)C. The highest BCUT2D eigenvalue weighted by Gasteiger charge is 2.46. The number of halogens is 3. The molecule has 52 heavy (non-hydrogen) atoms. The van der Waals surface area contributed by atoms with Crippen LogP contribution in [0.4, 0.5) is 19.4 Å². The lowest BCUT2D eigenvalue weighted by molar-refractivity contribution is -0.00996. The first kappa shape index (κ1) is 39.2. The molecule has 2 fully saturated rings. The van der Waals surface area contributed by atoms with Crippen molar-refractivity contribution in [1.82, 2.24) is 29.4 Å². The minimum Gasteiger partial charge on any atom is -0.477 e. The summed E-state index contributed by atoms with van der Waals surface area (Å²) in [6.45, 7) is 8.68. The number of carbonyl (C=O) groups excluding carboxylic acids is 2. The van der Waals surface area contributed by atoms with Crippen molar-refractivity contribution in [3.05, 3.63) is 53.3 Å². The van der Waals surface area contributed by atoms with Gasteiger partial charge in [-0.25, -0.2) is 32.9 Å². The highest BCUT2D eigenvalue weighted by molar-refractivity contribution is 7.90. The van der Waals surface area contributed by atoms with E-state index in [0.29, 0.717) is 24.8 Å². The van der Waals surface area contributed by atoms with Crippen LogP contribution >= 0.6 is 11.6 Å². The lowest BCUT2D eigenvalue weighted by Crippen LogP contribution is -2.45. The van der Waals surface area contributed by atoms with Crippen molar-refractivity contribution in [2.45, 2.75) is 102 Å². The Kier molecular flexibility index (Phi) is 11.7. The third kappa shape index (κ3) is 10.3. The van der Waals surface area contributed by atoms with Crippen LogP contribution in [0.5, 0.6) is 5.88 Å². The largest absolute Gasteiger partial charge is 0.477 e. The number of nitrogens with one attached hydrogen (secondary N) is 2. The summed E-state index contributed by atoms with van der Waals surface area (Å²) >= 11 is 6.29. The molecule has 1 saturated carbocycles. The minimum absolute atomic E-state index is 0.116. The van der Waals surface area contributed by atoms with Gasteiger partial charge in [-0.15, -0.1) is 5.10 Å². The third-order valence-corrected chi connectivity index (χ3v) is 10.6. The Bertz CT molecular complexity index is 1860. The second-order valence-corrected chi connectivity index (χ2v) is 17.1. The number of ether oxygens (including phenoxy) is 2. The van der Waals surface area contributed by atoms with E-state index in [1.807, 2.05) is 18.6 Å². The van der Waals surface area contributed by atoms with E-state index >= 15 is 8.78 Å². The maximum Gasteiger partial charge on any atom is 0.410 e. The molecule has 0 radical (unpaired) electrons. The van der Waals surface area contributed by atoms with Gasteiger partial charge in [0.1, 0.15) is 16.6 Å². The van der Waals surface area contributed by atoms with Crippen LogP contribution in [0.1, 0.15) is 89.9 Å². The van der Waals surface area contributed by atoms with Crippen LogP contribution in [0.2, 0.25) is 5.15 Å². The number of hydrogen-bond acceptors (Lipinski definition) is 10. The van der Waals surface area contributed by atoms with E-state index in [9.17, 15) is 18.0 Å². The van der Waals surface area contributed by atoms with Crippen LogP contribution in [-0.4, -0.2) is 81.8 Å². The Labute approximate surface area is 307 Å². The summed E-state index contributed by atoms with van der Waals surface area (Å²) in [5.41, 5.74) is -1.61. The highest BCUT2D eigenvalue weighted by atomic mass is 35.5. The molecule has 2 amide bonds. The second-order valence-electron chi connectivity index (χ2n) is 15.1. The standard InChI is InChI=1S/C35H46ClF2N7O6S/c1-33(2,3)51-32(47)44-21-24(19-34(44,4)5)20-35(37,38)22-39-26-11-8-12-29(40-26)52(48,49)43-31(46)25-13-14-27(41-30(25)36)45-17-15-28(42-45)50-18-16-23-9-6-7-10-23/h8,11-15,17,23-24H,6-7,9-10,16,18-22H2,1-5H3,(H,39,40)(H,43,46). The Hall–Kier alpha value is -4.05. The maximum atomic E-state index is 15.2. The smallest absolute Gasteiger partial charge is 0.410 e. The fourth-order valence-electron chi connectivity index (χ4n) is 6.63. The molecule has 1 unspecified atom stereocenters. The van der Waals surface area contributed by atoms with Crippen molar-refractivity contribution in [3.8, 4) is 11.7 Å². The molecular formula is C35H46ClF2N7O6S. The monoisotopic (exact) mass is 765 g/mol. The molecule has 13 nitrogen and oxygen atoms in total. The molecule has 3 aromatic heterocycles. The van der Waals surface area contributed by atoms with Gasteiger partial charge in [0.25, 0.3) is 21.9 Å². The number of sulfonamides is 1. The Morgan fingerprint density at radius 1 is 1.06 bits per heavy atom. The average molecular weight is 766 g/mol. The Morgan fingerprint density at radius 2 is 1.79 bits per heavy atom. The van der Waals surface area contributed by atoms with Gasteiger partial charge in [-0.3, -0.25) is 4.79 Å². The molecule has 284 valence electrons. The summed E-state index contributed by atoms with van der Waals surface area (Å²) in [7, 11) is -4.54. The summed E-state index contributed by atoms with van der Waals surface area (Å²) in [6.07, 6.45) is 6.86. The van der Waals surface area contributed by atoms with Crippen LogP contribution in [0, 0.1) is 11.8 Å². The zero-order chi connectivity index (χ0) is 37.9. The van der Waals surface area contributed by atoms with Gasteiger partial charge in [-0.1, -0.05) is 43.4 Å². The topological polar surface area (TPSA) is 158 Å². The Balaban J connectivity index is 1.15. The van der Waals surface area contributed by atoms with Crippen molar-refractivity contribution in [2.24, 2.45) is 11.8 Å². The summed E-state index contributed by atoms with van der Waals surface area (Å²) in [5, 5.41) is 6.01. The zero-order valence-corrected chi connectivity index (χ0v) is 31.6. The predicted molar refractivity (Wildman–Crippen MR) is 191 cm³/mol. The molecular weight excluding hydrogens is 720 g/mol. The van der Waals surface area contributed by atoms with Crippen LogP contribution in [0.3, 0.4) is 0 Å². The quantitative estimate of drug-likeness (QED) is 0.176. The van der Waals surface area contributed by atoms with Crippen molar-refractivity contribution in [2.75, 3.05) is 25.0 Å².